The number of aryl methyl sites for hydroxylation is 2. The van der Waals surface area contributed by atoms with Crippen LogP contribution in [0.25, 0.3) is 0 Å². The van der Waals surface area contributed by atoms with Crippen molar-refractivity contribution in [1.29, 1.82) is 0 Å². The van der Waals surface area contributed by atoms with Gasteiger partial charge in [-0.15, -0.1) is 0 Å². The van der Waals surface area contributed by atoms with Gasteiger partial charge >= 0.3 is 0 Å². The highest BCUT2D eigenvalue weighted by molar-refractivity contribution is 5.10. The van der Waals surface area contributed by atoms with Crippen molar-refractivity contribution in [3.8, 4) is 0 Å². The van der Waals surface area contributed by atoms with Crippen LogP contribution in [0.3, 0.4) is 0 Å². The smallest absolute Gasteiger partial charge is 0.0625 e. The van der Waals surface area contributed by atoms with Gasteiger partial charge in [-0.2, -0.15) is 5.10 Å². The second kappa shape index (κ2) is 7.06. The third-order valence-electron chi connectivity index (χ3n) is 4.23. The molecule has 2 heterocycles. The lowest BCUT2D eigenvalue weighted by Crippen LogP contribution is -2.40. The normalized spacial score (nSPS) is 20.9. The Bertz CT molecular complexity index is 385. The molecule has 2 rings (SSSR count). The van der Waals surface area contributed by atoms with Crippen LogP contribution in [0, 0.1) is 0 Å². The van der Waals surface area contributed by atoms with Crippen LogP contribution >= 0.6 is 0 Å². The van der Waals surface area contributed by atoms with Gasteiger partial charge in [0.15, 0.2) is 0 Å². The summed E-state index contributed by atoms with van der Waals surface area (Å²) in [5, 5.41) is 7.84. The van der Waals surface area contributed by atoms with E-state index in [1.54, 1.807) is 0 Å². The number of nitrogens with zero attached hydrogens (tertiary/aromatic N) is 3. The molecule has 0 bridgehead atoms. The zero-order valence-electron chi connectivity index (χ0n) is 12.7. The first kappa shape index (κ1) is 14.5. The largest absolute Gasteiger partial charge is 0.320 e. The summed E-state index contributed by atoms with van der Waals surface area (Å²) in [4.78, 5) is 2.65. The number of rotatable bonds is 6. The molecule has 1 saturated heterocycles. The van der Waals surface area contributed by atoms with Crippen molar-refractivity contribution >= 4 is 0 Å². The number of hydrogen-bond donors (Lipinski definition) is 1. The Morgan fingerprint density at radius 1 is 1.42 bits per heavy atom. The molecule has 4 nitrogen and oxygen atoms in total. The van der Waals surface area contributed by atoms with Crippen molar-refractivity contribution in [3.05, 3.63) is 17.5 Å². The van der Waals surface area contributed by atoms with Gasteiger partial charge in [0.25, 0.3) is 0 Å². The third kappa shape index (κ3) is 3.80. The van der Waals surface area contributed by atoms with E-state index in [1.165, 1.54) is 43.6 Å². The van der Waals surface area contributed by atoms with Crippen molar-refractivity contribution in [2.24, 2.45) is 7.05 Å². The van der Waals surface area contributed by atoms with Crippen molar-refractivity contribution in [1.82, 2.24) is 20.0 Å². The first-order valence-electron chi connectivity index (χ1n) is 7.65. The summed E-state index contributed by atoms with van der Waals surface area (Å²) in [6.45, 7) is 5.58. The standard InChI is InChI=1S/C15H28N4/c1-4-13-11-15(18(3)17-13)12-19-10-6-5-7-14(19)8-9-16-2/h11,14,16H,4-10,12H2,1-3H3. The van der Waals surface area contributed by atoms with Crippen LogP contribution in [0.15, 0.2) is 6.07 Å². The highest BCUT2D eigenvalue weighted by atomic mass is 15.3. The van der Waals surface area contributed by atoms with Crippen LogP contribution in [0.1, 0.15) is 44.0 Å². The van der Waals surface area contributed by atoms with Gasteiger partial charge in [-0.3, -0.25) is 9.58 Å². The first-order valence-corrected chi connectivity index (χ1v) is 7.65. The Labute approximate surface area is 117 Å². The minimum absolute atomic E-state index is 0.737. The van der Waals surface area contributed by atoms with Crippen molar-refractivity contribution in [2.75, 3.05) is 20.1 Å². The van der Waals surface area contributed by atoms with Crippen molar-refractivity contribution in [3.63, 3.8) is 0 Å². The molecule has 0 aliphatic carbocycles. The minimum Gasteiger partial charge on any atom is -0.320 e. The lowest BCUT2D eigenvalue weighted by Gasteiger charge is -2.35. The van der Waals surface area contributed by atoms with Crippen LogP contribution in [-0.2, 0) is 20.0 Å². The highest BCUT2D eigenvalue weighted by Crippen LogP contribution is 2.21. The maximum absolute atomic E-state index is 4.56. The zero-order chi connectivity index (χ0) is 13.7. The summed E-state index contributed by atoms with van der Waals surface area (Å²) in [5.74, 6) is 0. The van der Waals surface area contributed by atoms with Crippen LogP contribution < -0.4 is 5.32 Å². The van der Waals surface area contributed by atoms with E-state index in [0.29, 0.717) is 0 Å². The second-order valence-electron chi connectivity index (χ2n) is 5.62. The van der Waals surface area contributed by atoms with Crippen LogP contribution in [-0.4, -0.2) is 40.9 Å². The van der Waals surface area contributed by atoms with Gasteiger partial charge < -0.3 is 5.32 Å². The fraction of sp³-hybridized carbons (Fsp3) is 0.800. The average molecular weight is 264 g/mol. The molecule has 1 aromatic heterocycles. The fourth-order valence-corrected chi connectivity index (χ4v) is 3.01. The highest BCUT2D eigenvalue weighted by Gasteiger charge is 2.22. The number of aromatic nitrogens is 2. The van der Waals surface area contributed by atoms with Gasteiger partial charge in [-0.05, 0) is 51.9 Å². The molecular formula is C15H28N4. The van der Waals surface area contributed by atoms with E-state index in [1.807, 2.05) is 7.05 Å². The minimum atomic E-state index is 0.737. The molecule has 0 aromatic carbocycles. The zero-order valence-corrected chi connectivity index (χ0v) is 12.7. The lowest BCUT2D eigenvalue weighted by atomic mass is 9.99. The molecule has 1 unspecified atom stereocenters. The Morgan fingerprint density at radius 2 is 2.26 bits per heavy atom. The van der Waals surface area contributed by atoms with Crippen LogP contribution in [0.2, 0.25) is 0 Å². The molecule has 1 atom stereocenters. The molecule has 0 spiro atoms. The number of piperidine rings is 1. The first-order chi connectivity index (χ1) is 9.24. The molecule has 1 aromatic rings. The predicted molar refractivity (Wildman–Crippen MR) is 79.2 cm³/mol. The summed E-state index contributed by atoms with van der Waals surface area (Å²) < 4.78 is 2.06. The predicted octanol–water partition coefficient (Wildman–Crippen LogP) is 1.95. The van der Waals surface area contributed by atoms with Crippen LogP contribution in [0.4, 0.5) is 0 Å². The fourth-order valence-electron chi connectivity index (χ4n) is 3.01. The Kier molecular flexibility index (Phi) is 5.40. The average Bonchev–Trinajstić information content (AvgIpc) is 2.78. The molecular weight excluding hydrogens is 236 g/mol. The third-order valence-corrected chi connectivity index (χ3v) is 4.23. The monoisotopic (exact) mass is 264 g/mol. The van der Waals surface area contributed by atoms with Gasteiger partial charge in [-0.25, -0.2) is 0 Å². The van der Waals surface area contributed by atoms with E-state index >= 15 is 0 Å². The quantitative estimate of drug-likeness (QED) is 0.852. The van der Waals surface area contributed by atoms with Crippen LogP contribution in [0.5, 0.6) is 0 Å². The summed E-state index contributed by atoms with van der Waals surface area (Å²) in [7, 11) is 4.11. The molecule has 0 radical (unpaired) electrons. The number of likely N-dealkylation sites (tertiary alicyclic amines) is 1. The SMILES string of the molecule is CCc1cc(CN2CCCCC2CCNC)n(C)n1. The van der Waals surface area contributed by atoms with E-state index in [9.17, 15) is 0 Å². The van der Waals surface area contributed by atoms with Gasteiger partial charge in [0.1, 0.15) is 0 Å². The van der Waals surface area contributed by atoms with Crippen molar-refractivity contribution in [2.45, 2.75) is 51.6 Å². The maximum Gasteiger partial charge on any atom is 0.0625 e. The van der Waals surface area contributed by atoms with E-state index in [0.717, 1.165) is 25.6 Å². The lowest BCUT2D eigenvalue weighted by molar-refractivity contribution is 0.129. The van der Waals surface area contributed by atoms with E-state index in [-0.39, 0.29) is 0 Å². The molecule has 0 saturated carbocycles. The van der Waals surface area contributed by atoms with Gasteiger partial charge in [0.2, 0.25) is 0 Å². The molecule has 0 amide bonds. The molecule has 1 aliphatic rings. The van der Waals surface area contributed by atoms with Crippen molar-refractivity contribution < 1.29 is 0 Å². The Hall–Kier alpha value is -0.870. The van der Waals surface area contributed by atoms with E-state index in [4.69, 9.17) is 0 Å². The Morgan fingerprint density at radius 3 is 2.95 bits per heavy atom. The summed E-state index contributed by atoms with van der Waals surface area (Å²) in [5.41, 5.74) is 2.56. The topological polar surface area (TPSA) is 33.1 Å². The van der Waals surface area contributed by atoms with Gasteiger partial charge in [-0.1, -0.05) is 13.3 Å². The van der Waals surface area contributed by atoms with E-state index in [2.05, 4.69) is 40.0 Å². The summed E-state index contributed by atoms with van der Waals surface area (Å²) >= 11 is 0. The second-order valence-corrected chi connectivity index (χ2v) is 5.62. The maximum atomic E-state index is 4.56. The molecule has 19 heavy (non-hydrogen) atoms. The molecule has 1 fully saturated rings. The molecule has 108 valence electrons. The van der Waals surface area contributed by atoms with Gasteiger partial charge in [0, 0.05) is 19.6 Å². The van der Waals surface area contributed by atoms with Gasteiger partial charge in [0.05, 0.1) is 11.4 Å². The molecule has 1 N–H and O–H groups in total. The molecule has 4 heteroatoms. The summed E-state index contributed by atoms with van der Waals surface area (Å²) in [6, 6.07) is 3.00. The van der Waals surface area contributed by atoms with E-state index < -0.39 is 0 Å². The number of hydrogen-bond acceptors (Lipinski definition) is 3. The molecule has 1 aliphatic heterocycles. The number of nitrogens with one attached hydrogen (secondary N) is 1. The summed E-state index contributed by atoms with van der Waals surface area (Å²) in [6.07, 6.45) is 6.36. The Balaban J connectivity index is 1.99.